The Hall–Kier alpha value is -2.29. The molecule has 2 heterocycles. The molecular weight excluding hydrogens is 913 g/mol. The number of hydrogen-bond donors (Lipinski definition) is 7. The van der Waals surface area contributed by atoms with Crippen LogP contribution < -0.4 is 26.1 Å². The largest absolute Gasteiger partial charge is 0.497 e. The molecule has 1 saturated heterocycles. The summed E-state index contributed by atoms with van der Waals surface area (Å²) < 4.78 is 87.0. The average molecular weight is 976 g/mol. The Morgan fingerprint density at radius 1 is 0.825 bits per heavy atom. The molecule has 1 aromatic heterocycles. The molecule has 27 heteroatoms. The lowest BCUT2D eigenvalue weighted by molar-refractivity contribution is -0.123. The van der Waals surface area contributed by atoms with Gasteiger partial charge in [-0.25, -0.2) is 28.1 Å². The second-order valence-electron chi connectivity index (χ2n) is 16.5. The zero-order valence-corrected chi connectivity index (χ0v) is 40.1. The van der Waals surface area contributed by atoms with Gasteiger partial charge in [-0.2, -0.15) is 12.9 Å². The SMILES string of the molecule is B[C@H]1CC[C@@H](COP(=O)(O)OP(=O)(O)OP(=O)(O)OP(=O)(O)NCCCCCCCNC(=O)CCC(C)(C)OCCC(C)(C)CCNC(=O)c2cc3ccc(OC)cc3oc2=O)O1. The van der Waals surface area contributed by atoms with E-state index >= 15 is 0 Å². The number of phosphoric ester groups is 1. The fourth-order valence-corrected chi connectivity index (χ4v) is 11.4. The van der Waals surface area contributed by atoms with E-state index < -0.39 is 61.1 Å². The maximum Gasteiger partial charge on any atom is 0.490 e. The first kappa shape index (κ1) is 55.0. The van der Waals surface area contributed by atoms with Crippen molar-refractivity contribution in [3.8, 4) is 5.75 Å². The maximum atomic E-state index is 12.8. The van der Waals surface area contributed by atoms with Crippen molar-refractivity contribution in [1.29, 1.82) is 0 Å². The normalized spacial score (nSPS) is 19.7. The van der Waals surface area contributed by atoms with Gasteiger partial charge in [0.15, 0.2) is 0 Å². The third kappa shape index (κ3) is 21.7. The first-order chi connectivity index (χ1) is 29.2. The summed E-state index contributed by atoms with van der Waals surface area (Å²) in [6.07, 6.45) is 5.62. The summed E-state index contributed by atoms with van der Waals surface area (Å²) >= 11 is 0. The zero-order chi connectivity index (χ0) is 47.1. The van der Waals surface area contributed by atoms with Crippen LogP contribution in [0.15, 0.2) is 33.5 Å². The Balaban J connectivity index is 1.22. The number of ether oxygens (including phenoxy) is 3. The third-order valence-electron chi connectivity index (χ3n) is 9.86. The van der Waals surface area contributed by atoms with Crippen molar-refractivity contribution in [3.05, 3.63) is 40.2 Å². The lowest BCUT2D eigenvalue weighted by Crippen LogP contribution is -2.33. The molecule has 1 aliphatic heterocycles. The van der Waals surface area contributed by atoms with Crippen molar-refractivity contribution in [2.45, 2.75) is 116 Å². The molecule has 6 atom stereocenters. The first-order valence-corrected chi connectivity index (χ1v) is 26.6. The Labute approximate surface area is 367 Å². The molecule has 1 fully saturated rings. The number of phosphoric acid groups is 3. The number of carbonyl (C=O) groups excluding carboxylic acids is 2. The Kier molecular flexibility index (Phi) is 21.4. The van der Waals surface area contributed by atoms with Crippen molar-refractivity contribution in [1.82, 2.24) is 15.7 Å². The van der Waals surface area contributed by atoms with Crippen LogP contribution in [0.1, 0.15) is 109 Å². The minimum Gasteiger partial charge on any atom is -0.497 e. The van der Waals surface area contributed by atoms with Crippen LogP contribution in [0.5, 0.6) is 5.75 Å². The van der Waals surface area contributed by atoms with Gasteiger partial charge in [-0.15, -0.1) is 0 Å². The van der Waals surface area contributed by atoms with E-state index in [0.717, 1.165) is 6.42 Å². The predicted octanol–water partition coefficient (Wildman–Crippen LogP) is 5.18. The van der Waals surface area contributed by atoms with Crippen molar-refractivity contribution in [2.75, 3.05) is 40.0 Å². The molecule has 0 spiro atoms. The number of carbonyl (C=O) groups is 2. The minimum atomic E-state index is -5.82. The van der Waals surface area contributed by atoms with Crippen LogP contribution in [0.2, 0.25) is 0 Å². The third-order valence-corrected chi connectivity index (χ3v) is 16.0. The second-order valence-corrected chi connectivity index (χ2v) is 22.9. The molecule has 22 nitrogen and oxygen atoms in total. The van der Waals surface area contributed by atoms with E-state index in [1.807, 2.05) is 18.9 Å². The van der Waals surface area contributed by atoms with Crippen LogP contribution in [-0.4, -0.2) is 96.9 Å². The van der Waals surface area contributed by atoms with Crippen LogP contribution in [0.3, 0.4) is 0 Å². The fourth-order valence-electron chi connectivity index (χ4n) is 6.19. The van der Waals surface area contributed by atoms with Crippen LogP contribution in [-0.2, 0) is 50.0 Å². The van der Waals surface area contributed by atoms with Crippen LogP contribution in [0, 0.1) is 5.41 Å². The summed E-state index contributed by atoms with van der Waals surface area (Å²) in [7, 11) is -18.7. The smallest absolute Gasteiger partial charge is 0.490 e. The number of unbranched alkanes of at least 4 members (excludes halogenated alkanes) is 4. The zero-order valence-electron chi connectivity index (χ0n) is 36.5. The standard InChI is InChI=1S/C36H62BN3O19P4/c1-35(2,17-21-39-33(42)29-23-26-11-12-27(52-5)24-30(26)56-34(29)43)18-22-53-36(3,4)16-15-32(41)38-19-9-7-6-8-10-20-40-60(44,45)57-62(48,49)59-63(50,51)58-61(46,47)54-25-28-13-14-31(37)55-28/h11-12,23-24,28,31H,6-10,13-22,25,37H2,1-5H3,(H,38,41)(H,39,42)(H,46,47)(H,48,49)(H,50,51)(H2,40,44,45)/t28-,31+/m0/s1. The number of fused-ring (bicyclic) bond motifs is 1. The number of amides is 2. The van der Waals surface area contributed by atoms with Crippen molar-refractivity contribution < 1.29 is 83.5 Å². The van der Waals surface area contributed by atoms with E-state index in [1.54, 1.807) is 26.0 Å². The van der Waals surface area contributed by atoms with E-state index in [-0.39, 0.29) is 35.9 Å². The van der Waals surface area contributed by atoms with E-state index in [9.17, 15) is 52.2 Å². The molecule has 358 valence electrons. The van der Waals surface area contributed by atoms with Gasteiger partial charge in [0.1, 0.15) is 24.7 Å². The van der Waals surface area contributed by atoms with Crippen LogP contribution in [0.4, 0.5) is 0 Å². The van der Waals surface area contributed by atoms with Gasteiger partial charge in [0.05, 0.1) is 25.4 Å². The molecule has 2 amide bonds. The average Bonchev–Trinajstić information content (AvgIpc) is 3.58. The van der Waals surface area contributed by atoms with Gasteiger partial charge < -0.3 is 48.8 Å². The van der Waals surface area contributed by atoms with Crippen LogP contribution in [0.25, 0.3) is 11.0 Å². The van der Waals surface area contributed by atoms with Crippen molar-refractivity contribution in [2.24, 2.45) is 5.41 Å². The number of hydrogen-bond acceptors (Lipinski definition) is 15. The van der Waals surface area contributed by atoms with Gasteiger partial charge in [0.2, 0.25) is 5.91 Å². The second kappa shape index (κ2) is 24.5. The monoisotopic (exact) mass is 975 g/mol. The number of benzene rings is 1. The van der Waals surface area contributed by atoms with Gasteiger partial charge in [-0.1, -0.05) is 33.1 Å². The molecule has 7 N–H and O–H groups in total. The summed E-state index contributed by atoms with van der Waals surface area (Å²) in [5, 5.41) is 8.30. The minimum absolute atomic E-state index is 0.0782. The number of methoxy groups -OCH3 is 1. The Morgan fingerprint density at radius 2 is 1.48 bits per heavy atom. The van der Waals surface area contributed by atoms with Crippen LogP contribution >= 0.6 is 31.2 Å². The Morgan fingerprint density at radius 3 is 2.14 bits per heavy atom. The maximum absolute atomic E-state index is 12.8. The molecule has 2 aromatic rings. The lowest BCUT2D eigenvalue weighted by Gasteiger charge is -2.29. The van der Waals surface area contributed by atoms with Crippen molar-refractivity contribution in [3.63, 3.8) is 0 Å². The van der Waals surface area contributed by atoms with Gasteiger partial charge in [0.25, 0.3) is 5.91 Å². The first-order valence-electron chi connectivity index (χ1n) is 20.5. The highest BCUT2D eigenvalue weighted by atomic mass is 31.3. The predicted molar refractivity (Wildman–Crippen MR) is 233 cm³/mol. The van der Waals surface area contributed by atoms with Gasteiger partial charge in [-0.05, 0) is 82.4 Å². The molecule has 3 rings (SSSR count). The molecular formula is C36H62BN3O19P4. The van der Waals surface area contributed by atoms with E-state index in [1.165, 1.54) is 13.2 Å². The summed E-state index contributed by atoms with van der Waals surface area (Å²) in [4.78, 5) is 76.7. The Bertz CT molecular complexity index is 2090. The molecule has 0 aliphatic carbocycles. The summed E-state index contributed by atoms with van der Waals surface area (Å²) in [6, 6.07) is 6.38. The molecule has 0 radical (unpaired) electrons. The summed E-state index contributed by atoms with van der Waals surface area (Å²) in [5.41, 5.74) is -1.24. The highest BCUT2D eigenvalue weighted by Crippen LogP contribution is 2.70. The van der Waals surface area contributed by atoms with Crippen molar-refractivity contribution >= 4 is 61.8 Å². The lowest BCUT2D eigenvalue weighted by atomic mass is 9.86. The summed E-state index contributed by atoms with van der Waals surface area (Å²) in [5.74, 6) is -0.106. The van der Waals surface area contributed by atoms with E-state index in [2.05, 4.69) is 41.9 Å². The molecule has 1 aliphatic rings. The number of nitrogens with one attached hydrogen (secondary N) is 3. The molecule has 63 heavy (non-hydrogen) atoms. The quantitative estimate of drug-likeness (QED) is 0.0230. The van der Waals surface area contributed by atoms with E-state index in [0.29, 0.717) is 94.2 Å². The fraction of sp³-hybridized carbons (Fsp3) is 0.694. The molecule has 4 unspecified atom stereocenters. The van der Waals surface area contributed by atoms with Gasteiger partial charge in [-0.3, -0.25) is 14.1 Å². The molecule has 1 aromatic carbocycles. The molecule has 0 saturated carbocycles. The van der Waals surface area contributed by atoms with Gasteiger partial charge in [0, 0.05) is 50.1 Å². The molecule has 0 bridgehead atoms. The summed E-state index contributed by atoms with van der Waals surface area (Å²) in [6.45, 7) is 8.53. The topological polar surface area (TPSA) is 314 Å². The van der Waals surface area contributed by atoms with E-state index in [4.69, 9.17) is 18.6 Å². The van der Waals surface area contributed by atoms with Gasteiger partial charge >= 0.3 is 36.8 Å². The highest BCUT2D eigenvalue weighted by Gasteiger charge is 2.45. The highest BCUT2D eigenvalue weighted by molar-refractivity contribution is 7.70. The number of rotatable bonds is 30.